The fourth-order valence-corrected chi connectivity index (χ4v) is 4.52. The number of carbonyl (C=O) groups is 1. The van der Waals surface area contributed by atoms with Crippen molar-refractivity contribution in [2.75, 3.05) is 13.7 Å². The van der Waals surface area contributed by atoms with Crippen LogP contribution in [0.3, 0.4) is 0 Å². The van der Waals surface area contributed by atoms with Crippen LogP contribution >= 0.6 is 0 Å². The molecule has 6 nitrogen and oxygen atoms in total. The molecule has 1 N–H and O–H groups in total. The van der Waals surface area contributed by atoms with Crippen LogP contribution in [-0.4, -0.2) is 45.9 Å². The van der Waals surface area contributed by atoms with Gasteiger partial charge >= 0.3 is 12.1 Å². The first-order chi connectivity index (χ1) is 14.6. The van der Waals surface area contributed by atoms with E-state index in [9.17, 15) is 28.3 Å². The molecule has 2 aliphatic heterocycles. The molecule has 0 saturated carbocycles. The lowest BCUT2D eigenvalue weighted by Gasteiger charge is -2.45. The monoisotopic (exact) mass is 433 g/mol. The van der Waals surface area contributed by atoms with Crippen LogP contribution in [-0.2, 0) is 25.9 Å². The lowest BCUT2D eigenvalue weighted by Crippen LogP contribution is -2.56. The van der Waals surface area contributed by atoms with Crippen LogP contribution in [0.4, 0.5) is 13.2 Å². The van der Waals surface area contributed by atoms with Crippen LogP contribution in [0.15, 0.2) is 18.2 Å². The molecule has 2 aromatic rings. The smallest absolute Gasteiger partial charge is 0.393 e. The van der Waals surface area contributed by atoms with Crippen LogP contribution in [0, 0.1) is 11.3 Å². The van der Waals surface area contributed by atoms with Crippen molar-refractivity contribution < 1.29 is 27.8 Å². The second-order valence-electron chi connectivity index (χ2n) is 8.28. The average Bonchev–Trinajstić information content (AvgIpc) is 3.05. The molecular formula is C22H22F3N3O3. The first kappa shape index (κ1) is 21.2. The summed E-state index contributed by atoms with van der Waals surface area (Å²) in [5.74, 6) is -1.01. The number of aromatic nitrogens is 1. The van der Waals surface area contributed by atoms with E-state index in [2.05, 4.69) is 6.07 Å². The fourth-order valence-electron chi connectivity index (χ4n) is 4.52. The Kier molecular flexibility index (Phi) is 5.01. The van der Waals surface area contributed by atoms with Gasteiger partial charge in [0.25, 0.3) is 0 Å². The fraction of sp³-hybridized carbons (Fsp3) is 0.455. The van der Waals surface area contributed by atoms with E-state index in [1.807, 2.05) is 16.4 Å². The number of hydrogen-bond donors (Lipinski definition) is 1. The maximum atomic E-state index is 13.4. The van der Waals surface area contributed by atoms with Crippen molar-refractivity contribution in [1.29, 1.82) is 5.26 Å². The average molecular weight is 433 g/mol. The number of fused-ring (bicyclic) bond motifs is 3. The quantitative estimate of drug-likeness (QED) is 0.771. The number of ether oxygens (including phenoxy) is 1. The van der Waals surface area contributed by atoms with E-state index in [4.69, 9.17) is 4.74 Å². The van der Waals surface area contributed by atoms with Crippen molar-refractivity contribution in [3.63, 3.8) is 0 Å². The Morgan fingerprint density at radius 3 is 2.61 bits per heavy atom. The molecule has 0 aliphatic carbocycles. The molecule has 4 rings (SSSR count). The van der Waals surface area contributed by atoms with E-state index >= 15 is 0 Å². The molecule has 0 radical (unpaired) electrons. The highest BCUT2D eigenvalue weighted by Crippen LogP contribution is 2.41. The van der Waals surface area contributed by atoms with Gasteiger partial charge in [0.1, 0.15) is 16.9 Å². The van der Waals surface area contributed by atoms with Crippen molar-refractivity contribution in [2.24, 2.45) is 0 Å². The Morgan fingerprint density at radius 2 is 2.06 bits per heavy atom. The van der Waals surface area contributed by atoms with Gasteiger partial charge in [0, 0.05) is 30.9 Å². The molecule has 1 fully saturated rings. The normalized spacial score (nSPS) is 20.4. The molecule has 0 spiro atoms. The summed E-state index contributed by atoms with van der Waals surface area (Å²) in [6.07, 6.45) is -4.25. The van der Waals surface area contributed by atoms with E-state index < -0.39 is 24.1 Å². The Bertz CT molecular complexity index is 1100. The van der Waals surface area contributed by atoms with Crippen LogP contribution in [0.1, 0.15) is 40.5 Å². The zero-order valence-corrected chi connectivity index (χ0v) is 17.2. The van der Waals surface area contributed by atoms with Gasteiger partial charge in [0.05, 0.1) is 25.3 Å². The number of benzene rings is 1. The number of likely N-dealkylation sites (tertiary alicyclic amines) is 1. The van der Waals surface area contributed by atoms with Crippen molar-refractivity contribution in [3.8, 4) is 23.1 Å². The minimum Gasteiger partial charge on any atom is -0.496 e. The van der Waals surface area contributed by atoms with Crippen molar-refractivity contribution in [3.05, 3.63) is 40.6 Å². The first-order valence-corrected chi connectivity index (χ1v) is 9.95. The number of aromatic carboxylic acids is 1. The van der Waals surface area contributed by atoms with E-state index in [1.54, 1.807) is 12.1 Å². The number of carboxylic acids is 1. The van der Waals surface area contributed by atoms with Gasteiger partial charge < -0.3 is 14.4 Å². The van der Waals surface area contributed by atoms with Crippen LogP contribution < -0.4 is 4.74 Å². The predicted octanol–water partition coefficient (Wildman–Crippen LogP) is 4.01. The topological polar surface area (TPSA) is 78.5 Å². The second-order valence-corrected chi connectivity index (χ2v) is 8.28. The second kappa shape index (κ2) is 7.31. The highest BCUT2D eigenvalue weighted by Gasteiger charge is 2.41. The molecule has 164 valence electrons. The van der Waals surface area contributed by atoms with Gasteiger partial charge in [-0.05, 0) is 49.1 Å². The van der Waals surface area contributed by atoms with Gasteiger partial charge in [-0.25, -0.2) is 4.79 Å². The number of halogens is 3. The molecule has 1 atom stereocenters. The molecule has 31 heavy (non-hydrogen) atoms. The molecule has 1 saturated heterocycles. The maximum Gasteiger partial charge on any atom is 0.393 e. The number of nitrogens with zero attached hydrogens (tertiary/aromatic N) is 3. The van der Waals surface area contributed by atoms with E-state index in [0.717, 1.165) is 12.0 Å². The largest absolute Gasteiger partial charge is 0.496 e. The van der Waals surface area contributed by atoms with Gasteiger partial charge in [-0.2, -0.15) is 18.4 Å². The van der Waals surface area contributed by atoms with E-state index in [1.165, 1.54) is 13.2 Å². The summed E-state index contributed by atoms with van der Waals surface area (Å²) in [6.45, 7) is 3.37. The summed E-state index contributed by atoms with van der Waals surface area (Å²) in [6, 6.07) is 6.85. The van der Waals surface area contributed by atoms with E-state index in [-0.39, 0.29) is 16.9 Å². The van der Waals surface area contributed by atoms with Gasteiger partial charge in [-0.3, -0.25) is 4.90 Å². The molecule has 1 aromatic heterocycles. The molecule has 1 aromatic carbocycles. The predicted molar refractivity (Wildman–Crippen MR) is 106 cm³/mol. The lowest BCUT2D eigenvalue weighted by molar-refractivity contribution is -0.127. The standard InChI is InChI=1S/C22H22F3N3O3/c1-21(12-26)4-6-27(21)11-15-7-14(10-22(23,24)25)19-16-9-17(20(29)30)18(31-2)8-13(16)3-5-28(15)19/h7-9H,3-6,10-11H2,1-2H3,(H,29,30)/t21-/m1/s1. The molecule has 0 bridgehead atoms. The third-order valence-corrected chi connectivity index (χ3v) is 6.33. The van der Waals surface area contributed by atoms with Crippen LogP contribution in [0.25, 0.3) is 11.3 Å². The van der Waals surface area contributed by atoms with Crippen molar-refractivity contribution >= 4 is 5.97 Å². The summed E-state index contributed by atoms with van der Waals surface area (Å²) in [5.41, 5.74) is 1.76. The third kappa shape index (κ3) is 3.65. The van der Waals surface area contributed by atoms with Crippen molar-refractivity contribution in [2.45, 2.75) is 51.0 Å². The number of carboxylic acid groups (broad SMARTS) is 1. The molecule has 2 aliphatic rings. The first-order valence-electron chi connectivity index (χ1n) is 9.95. The third-order valence-electron chi connectivity index (χ3n) is 6.33. The zero-order valence-electron chi connectivity index (χ0n) is 17.2. The van der Waals surface area contributed by atoms with Crippen molar-refractivity contribution in [1.82, 2.24) is 9.47 Å². The van der Waals surface area contributed by atoms with Gasteiger partial charge in [-0.15, -0.1) is 0 Å². The number of aryl methyl sites for hydroxylation is 1. The Hall–Kier alpha value is -2.99. The summed E-state index contributed by atoms with van der Waals surface area (Å²) < 4.78 is 47.1. The SMILES string of the molecule is COc1cc2c(cc1C(=O)O)-c1c(CC(F)(F)F)cc(CN3CC[C@]3(C)C#N)n1CC2. The number of nitriles is 1. The summed E-state index contributed by atoms with van der Waals surface area (Å²) in [4.78, 5) is 13.6. The van der Waals surface area contributed by atoms with Gasteiger partial charge in [-0.1, -0.05) is 0 Å². The van der Waals surface area contributed by atoms with Gasteiger partial charge in [0.2, 0.25) is 0 Å². The number of hydrogen-bond acceptors (Lipinski definition) is 4. The van der Waals surface area contributed by atoms with E-state index in [0.29, 0.717) is 43.0 Å². The highest BCUT2D eigenvalue weighted by molar-refractivity contribution is 5.93. The molecule has 3 heterocycles. The molecule has 0 amide bonds. The molecular weight excluding hydrogens is 411 g/mol. The Labute approximate surface area is 177 Å². The summed E-state index contributed by atoms with van der Waals surface area (Å²) >= 11 is 0. The summed E-state index contributed by atoms with van der Waals surface area (Å²) in [7, 11) is 1.37. The van der Waals surface area contributed by atoms with Crippen LogP contribution in [0.5, 0.6) is 5.75 Å². The number of rotatable bonds is 5. The highest BCUT2D eigenvalue weighted by atomic mass is 19.4. The Balaban J connectivity index is 1.85. The minimum atomic E-state index is -4.41. The Morgan fingerprint density at radius 1 is 1.32 bits per heavy atom. The summed E-state index contributed by atoms with van der Waals surface area (Å²) in [5, 5.41) is 19.0. The molecule has 9 heteroatoms. The minimum absolute atomic E-state index is 0.0878. The van der Waals surface area contributed by atoms with Gasteiger partial charge in [0.15, 0.2) is 0 Å². The number of methoxy groups -OCH3 is 1. The maximum absolute atomic E-state index is 13.4. The number of alkyl halides is 3. The zero-order chi connectivity index (χ0) is 22.6. The lowest BCUT2D eigenvalue weighted by atomic mass is 9.88. The van der Waals surface area contributed by atoms with Crippen LogP contribution in [0.2, 0.25) is 0 Å². The molecule has 0 unspecified atom stereocenters.